The van der Waals surface area contributed by atoms with Crippen molar-refractivity contribution in [2.45, 2.75) is 26.2 Å². The molecule has 0 spiro atoms. The van der Waals surface area contributed by atoms with Gasteiger partial charge in [0, 0.05) is 16.5 Å². The Kier molecular flexibility index (Phi) is 3.45. The molecular formula is C18H18N. The molecule has 0 unspecified atom stereocenters. The van der Waals surface area contributed by atoms with Gasteiger partial charge in [0.05, 0.1) is 5.52 Å². The molecule has 95 valence electrons. The van der Waals surface area contributed by atoms with E-state index in [-0.39, 0.29) is 0 Å². The van der Waals surface area contributed by atoms with Gasteiger partial charge in [-0.15, -0.1) is 0 Å². The Morgan fingerprint density at radius 2 is 1.58 bits per heavy atom. The summed E-state index contributed by atoms with van der Waals surface area (Å²) in [5, 5.41) is 3.85. The van der Waals surface area contributed by atoms with E-state index in [1.54, 1.807) is 0 Å². The largest absolute Gasteiger partial charge is 0.252 e. The SMILES string of the molecule is CCC[CH]Cc1nc2ccccc2c2ccccc12. The van der Waals surface area contributed by atoms with E-state index >= 15 is 0 Å². The molecule has 1 heteroatoms. The van der Waals surface area contributed by atoms with Crippen LogP contribution in [0.1, 0.15) is 25.5 Å². The van der Waals surface area contributed by atoms with E-state index in [9.17, 15) is 0 Å². The molecule has 0 saturated heterocycles. The average Bonchev–Trinajstić information content (AvgIpc) is 2.47. The Balaban J connectivity index is 2.18. The smallest absolute Gasteiger partial charge is 0.0711 e. The van der Waals surface area contributed by atoms with Gasteiger partial charge in [-0.3, -0.25) is 4.98 Å². The second kappa shape index (κ2) is 5.40. The average molecular weight is 248 g/mol. The molecule has 0 fully saturated rings. The first-order chi connectivity index (χ1) is 9.40. The van der Waals surface area contributed by atoms with Crippen LogP contribution in [-0.2, 0) is 6.42 Å². The number of hydrogen-bond acceptors (Lipinski definition) is 1. The van der Waals surface area contributed by atoms with Gasteiger partial charge in [-0.1, -0.05) is 62.2 Å². The summed E-state index contributed by atoms with van der Waals surface area (Å²) in [7, 11) is 0. The molecule has 2 aromatic carbocycles. The zero-order valence-electron chi connectivity index (χ0n) is 11.3. The zero-order chi connectivity index (χ0) is 13.1. The molecule has 0 atom stereocenters. The molecule has 0 amide bonds. The molecule has 0 aliphatic heterocycles. The fourth-order valence-corrected chi connectivity index (χ4v) is 2.57. The molecular weight excluding hydrogens is 230 g/mol. The summed E-state index contributed by atoms with van der Waals surface area (Å²) in [5.74, 6) is 0. The van der Waals surface area contributed by atoms with Crippen LogP contribution < -0.4 is 0 Å². The third-order valence-corrected chi connectivity index (χ3v) is 3.52. The van der Waals surface area contributed by atoms with Crippen LogP contribution in [0.5, 0.6) is 0 Å². The van der Waals surface area contributed by atoms with Crippen molar-refractivity contribution in [2.24, 2.45) is 0 Å². The Morgan fingerprint density at radius 1 is 0.895 bits per heavy atom. The van der Waals surface area contributed by atoms with Crippen LogP contribution in [0.15, 0.2) is 48.5 Å². The normalized spacial score (nSPS) is 11.2. The second-order valence-electron chi connectivity index (χ2n) is 4.90. The summed E-state index contributed by atoms with van der Waals surface area (Å²) in [6, 6.07) is 17.0. The summed E-state index contributed by atoms with van der Waals surface area (Å²) in [6.45, 7) is 2.21. The highest BCUT2D eigenvalue weighted by molar-refractivity contribution is 6.06. The maximum absolute atomic E-state index is 4.84. The van der Waals surface area contributed by atoms with Gasteiger partial charge in [0.2, 0.25) is 0 Å². The molecule has 0 saturated carbocycles. The second-order valence-corrected chi connectivity index (χ2v) is 4.90. The lowest BCUT2D eigenvalue weighted by Gasteiger charge is -2.09. The molecule has 0 aliphatic rings. The highest BCUT2D eigenvalue weighted by atomic mass is 14.7. The maximum Gasteiger partial charge on any atom is 0.0711 e. The number of para-hydroxylation sites is 1. The highest BCUT2D eigenvalue weighted by Crippen LogP contribution is 2.26. The van der Waals surface area contributed by atoms with E-state index in [4.69, 9.17) is 4.98 Å². The summed E-state index contributed by atoms with van der Waals surface area (Å²) in [6.07, 6.45) is 5.65. The number of benzene rings is 2. The van der Waals surface area contributed by atoms with E-state index in [0.29, 0.717) is 0 Å². The van der Waals surface area contributed by atoms with E-state index in [1.165, 1.54) is 28.3 Å². The summed E-state index contributed by atoms with van der Waals surface area (Å²) in [4.78, 5) is 4.84. The van der Waals surface area contributed by atoms with E-state index in [2.05, 4.69) is 61.9 Å². The van der Waals surface area contributed by atoms with E-state index in [1.807, 2.05) is 0 Å². The lowest BCUT2D eigenvalue weighted by Crippen LogP contribution is -1.94. The molecule has 1 aromatic heterocycles. The molecule has 0 N–H and O–H groups in total. The van der Waals surface area contributed by atoms with Crippen molar-refractivity contribution in [2.75, 3.05) is 0 Å². The number of aromatic nitrogens is 1. The molecule has 0 bridgehead atoms. The Morgan fingerprint density at radius 3 is 2.37 bits per heavy atom. The maximum atomic E-state index is 4.84. The van der Waals surface area contributed by atoms with Gasteiger partial charge < -0.3 is 0 Å². The van der Waals surface area contributed by atoms with E-state index < -0.39 is 0 Å². The first-order valence-corrected chi connectivity index (χ1v) is 6.98. The van der Waals surface area contributed by atoms with Crippen molar-refractivity contribution in [3.8, 4) is 0 Å². The number of pyridine rings is 1. The molecule has 3 rings (SSSR count). The molecule has 1 nitrogen and oxygen atoms in total. The van der Waals surface area contributed by atoms with Crippen LogP contribution in [0.4, 0.5) is 0 Å². The Hall–Kier alpha value is -1.89. The van der Waals surface area contributed by atoms with Gasteiger partial charge in [0.15, 0.2) is 0 Å². The fraction of sp³-hybridized carbons (Fsp3) is 0.222. The number of nitrogens with zero attached hydrogens (tertiary/aromatic N) is 1. The minimum absolute atomic E-state index is 0.958. The first-order valence-electron chi connectivity index (χ1n) is 6.98. The van der Waals surface area contributed by atoms with Crippen molar-refractivity contribution < 1.29 is 0 Å². The molecule has 3 aromatic rings. The van der Waals surface area contributed by atoms with Gasteiger partial charge in [-0.2, -0.15) is 0 Å². The van der Waals surface area contributed by atoms with Crippen molar-refractivity contribution in [1.82, 2.24) is 4.98 Å². The monoisotopic (exact) mass is 248 g/mol. The predicted octanol–water partition coefficient (Wildman–Crippen LogP) is 4.93. The third kappa shape index (κ3) is 2.33. The molecule has 0 aliphatic carbocycles. The topological polar surface area (TPSA) is 12.9 Å². The van der Waals surface area contributed by atoms with Gasteiger partial charge >= 0.3 is 0 Å². The zero-order valence-corrected chi connectivity index (χ0v) is 11.3. The van der Waals surface area contributed by atoms with Gasteiger partial charge in [0.1, 0.15) is 0 Å². The molecule has 19 heavy (non-hydrogen) atoms. The Bertz CT molecular complexity index is 700. The fourth-order valence-electron chi connectivity index (χ4n) is 2.57. The van der Waals surface area contributed by atoms with Crippen LogP contribution in [-0.4, -0.2) is 4.98 Å². The van der Waals surface area contributed by atoms with Crippen LogP contribution in [0.3, 0.4) is 0 Å². The highest BCUT2D eigenvalue weighted by Gasteiger charge is 2.07. The van der Waals surface area contributed by atoms with Gasteiger partial charge in [-0.25, -0.2) is 0 Å². The van der Waals surface area contributed by atoms with Crippen LogP contribution in [0.25, 0.3) is 21.7 Å². The van der Waals surface area contributed by atoms with Crippen molar-refractivity contribution in [3.05, 3.63) is 60.6 Å². The van der Waals surface area contributed by atoms with Gasteiger partial charge in [0.25, 0.3) is 0 Å². The molecule has 1 heterocycles. The lowest BCUT2D eigenvalue weighted by atomic mass is 10.0. The van der Waals surface area contributed by atoms with Gasteiger partial charge in [-0.05, 0) is 24.3 Å². The summed E-state index contributed by atoms with van der Waals surface area (Å²) in [5.41, 5.74) is 2.30. The van der Waals surface area contributed by atoms with Crippen LogP contribution in [0.2, 0.25) is 0 Å². The summed E-state index contributed by atoms with van der Waals surface area (Å²) < 4.78 is 0. The number of unbranched alkanes of at least 4 members (excludes halogenated alkanes) is 2. The summed E-state index contributed by atoms with van der Waals surface area (Å²) >= 11 is 0. The van der Waals surface area contributed by atoms with Crippen LogP contribution in [0, 0.1) is 6.42 Å². The standard InChI is InChI=1S/C18H18N/c1-2-3-4-12-17-15-10-6-5-9-14(15)16-11-7-8-13-18(16)19-17/h4-11,13H,2-3,12H2,1H3. The first kappa shape index (κ1) is 12.2. The van der Waals surface area contributed by atoms with Crippen LogP contribution >= 0.6 is 0 Å². The number of fused-ring (bicyclic) bond motifs is 3. The Labute approximate surface area is 114 Å². The minimum Gasteiger partial charge on any atom is -0.252 e. The third-order valence-electron chi connectivity index (χ3n) is 3.52. The molecule has 1 radical (unpaired) electrons. The minimum atomic E-state index is 0.958. The number of hydrogen-bond donors (Lipinski definition) is 0. The van der Waals surface area contributed by atoms with Crippen molar-refractivity contribution >= 4 is 21.7 Å². The number of rotatable bonds is 4. The van der Waals surface area contributed by atoms with E-state index in [0.717, 1.165) is 18.4 Å². The quantitative estimate of drug-likeness (QED) is 0.471. The lowest BCUT2D eigenvalue weighted by molar-refractivity contribution is 0.858. The predicted molar refractivity (Wildman–Crippen MR) is 82.2 cm³/mol. The van der Waals surface area contributed by atoms with Crippen molar-refractivity contribution in [1.29, 1.82) is 0 Å². The van der Waals surface area contributed by atoms with Crippen molar-refractivity contribution in [3.63, 3.8) is 0 Å².